The van der Waals surface area contributed by atoms with Gasteiger partial charge in [0.05, 0.1) is 13.0 Å². The van der Waals surface area contributed by atoms with E-state index in [0.29, 0.717) is 19.6 Å². The summed E-state index contributed by atoms with van der Waals surface area (Å²) in [4.78, 5) is 11.1. The smallest absolute Gasteiger partial charge is 0.307 e. The van der Waals surface area contributed by atoms with Gasteiger partial charge in [0, 0.05) is 6.54 Å². The molecule has 1 N–H and O–H groups in total. The van der Waals surface area contributed by atoms with Gasteiger partial charge in [-0.15, -0.1) is 0 Å². The summed E-state index contributed by atoms with van der Waals surface area (Å²) >= 11 is 0. The Morgan fingerprint density at radius 1 is 1.36 bits per heavy atom. The van der Waals surface area contributed by atoms with E-state index < -0.39 is 0 Å². The number of rotatable bonds is 6. The van der Waals surface area contributed by atoms with Crippen molar-refractivity contribution in [3.05, 3.63) is 0 Å². The molecular formula is C11H23NO2. The first-order chi connectivity index (χ1) is 6.45. The van der Waals surface area contributed by atoms with Crippen molar-refractivity contribution >= 4 is 5.97 Å². The maximum atomic E-state index is 11.1. The Morgan fingerprint density at radius 2 is 2.00 bits per heavy atom. The molecule has 0 unspecified atom stereocenters. The maximum absolute atomic E-state index is 11.1. The van der Waals surface area contributed by atoms with Crippen LogP contribution in [0.1, 0.15) is 40.5 Å². The summed E-state index contributed by atoms with van der Waals surface area (Å²) < 4.78 is 5.09. The minimum atomic E-state index is -0.102. The lowest BCUT2D eigenvalue weighted by Gasteiger charge is -2.17. The average Bonchev–Trinajstić information content (AvgIpc) is 2.02. The van der Waals surface area contributed by atoms with Crippen molar-refractivity contribution in [2.75, 3.05) is 19.7 Å². The second kappa shape index (κ2) is 6.82. The molecule has 0 saturated carbocycles. The van der Waals surface area contributed by atoms with Crippen molar-refractivity contribution in [2.45, 2.75) is 40.5 Å². The highest BCUT2D eigenvalue weighted by atomic mass is 16.5. The van der Waals surface area contributed by atoms with Crippen molar-refractivity contribution in [3.8, 4) is 0 Å². The van der Waals surface area contributed by atoms with Crippen LogP contribution in [0.4, 0.5) is 0 Å². The third kappa shape index (κ3) is 9.52. The van der Waals surface area contributed by atoms with E-state index in [0.717, 1.165) is 13.0 Å². The van der Waals surface area contributed by atoms with Gasteiger partial charge in [0.1, 0.15) is 0 Å². The summed E-state index contributed by atoms with van der Waals surface area (Å²) in [6.45, 7) is 10.6. The van der Waals surface area contributed by atoms with Gasteiger partial charge in [0.2, 0.25) is 0 Å². The fourth-order valence-electron chi connectivity index (χ4n) is 0.910. The fraction of sp³-hybridized carbons (Fsp3) is 0.909. The number of carbonyl (C=O) groups is 1. The summed E-state index contributed by atoms with van der Waals surface area (Å²) in [7, 11) is 0. The molecule has 0 atom stereocenters. The van der Waals surface area contributed by atoms with Gasteiger partial charge in [-0.3, -0.25) is 4.79 Å². The summed E-state index contributed by atoms with van der Waals surface area (Å²) in [6.07, 6.45) is 1.39. The molecule has 0 aromatic carbocycles. The molecule has 0 aromatic rings. The largest absolute Gasteiger partial charge is 0.466 e. The van der Waals surface area contributed by atoms with E-state index in [2.05, 4.69) is 26.1 Å². The first-order valence-corrected chi connectivity index (χ1v) is 5.32. The highest BCUT2D eigenvalue weighted by Crippen LogP contribution is 2.17. The van der Waals surface area contributed by atoms with Gasteiger partial charge in [-0.2, -0.15) is 0 Å². The third-order valence-electron chi connectivity index (χ3n) is 1.87. The summed E-state index contributed by atoms with van der Waals surface area (Å²) in [5.41, 5.74) is 0.238. The van der Waals surface area contributed by atoms with E-state index >= 15 is 0 Å². The van der Waals surface area contributed by atoms with Gasteiger partial charge in [0.15, 0.2) is 0 Å². The van der Waals surface area contributed by atoms with Crippen LogP contribution in [0.3, 0.4) is 0 Å². The zero-order chi connectivity index (χ0) is 11.0. The number of hydrogen-bond acceptors (Lipinski definition) is 3. The van der Waals surface area contributed by atoms with E-state index in [4.69, 9.17) is 4.74 Å². The molecule has 0 heterocycles. The Morgan fingerprint density at radius 3 is 2.50 bits per heavy atom. The number of nitrogens with one attached hydrogen (secondary N) is 1. The fourth-order valence-corrected chi connectivity index (χ4v) is 0.910. The summed E-state index contributed by atoms with van der Waals surface area (Å²) in [6, 6.07) is 0. The van der Waals surface area contributed by atoms with E-state index in [9.17, 15) is 4.79 Å². The molecule has 84 valence electrons. The Kier molecular flexibility index (Phi) is 6.54. The van der Waals surface area contributed by atoms with Crippen LogP contribution in [0.2, 0.25) is 0 Å². The molecule has 0 saturated heterocycles. The van der Waals surface area contributed by atoms with E-state index in [1.807, 2.05) is 6.92 Å². The van der Waals surface area contributed by atoms with Gasteiger partial charge >= 0.3 is 5.97 Å². The van der Waals surface area contributed by atoms with Gasteiger partial charge in [-0.1, -0.05) is 27.7 Å². The Labute approximate surface area is 87.2 Å². The Bertz CT molecular complexity index is 161. The monoisotopic (exact) mass is 201 g/mol. The van der Waals surface area contributed by atoms with Crippen LogP contribution in [-0.2, 0) is 9.53 Å². The third-order valence-corrected chi connectivity index (χ3v) is 1.87. The topological polar surface area (TPSA) is 38.3 Å². The first kappa shape index (κ1) is 13.4. The van der Waals surface area contributed by atoms with Gasteiger partial charge < -0.3 is 10.1 Å². The van der Waals surface area contributed by atoms with Crippen molar-refractivity contribution < 1.29 is 9.53 Å². The highest BCUT2D eigenvalue weighted by molar-refractivity contribution is 5.69. The normalized spacial score (nSPS) is 11.4. The molecule has 3 nitrogen and oxygen atoms in total. The zero-order valence-electron chi connectivity index (χ0n) is 9.85. The SMILES string of the molecule is CCNCCC(=O)OCCC(C)(C)C. The maximum Gasteiger partial charge on any atom is 0.307 e. The molecule has 0 aliphatic carbocycles. The quantitative estimate of drug-likeness (QED) is 0.527. The van der Waals surface area contributed by atoms with E-state index in [1.54, 1.807) is 0 Å². The van der Waals surface area contributed by atoms with Crippen molar-refractivity contribution in [2.24, 2.45) is 5.41 Å². The second-order valence-corrected chi connectivity index (χ2v) is 4.63. The number of hydrogen-bond donors (Lipinski definition) is 1. The average molecular weight is 201 g/mol. The molecule has 0 rings (SSSR count). The van der Waals surface area contributed by atoms with Crippen molar-refractivity contribution in [1.29, 1.82) is 0 Å². The lowest BCUT2D eigenvalue weighted by atomic mass is 9.93. The molecular weight excluding hydrogens is 178 g/mol. The number of esters is 1. The molecule has 0 spiro atoms. The van der Waals surface area contributed by atoms with Crippen LogP contribution in [-0.4, -0.2) is 25.7 Å². The number of ether oxygens (including phenoxy) is 1. The Balaban J connectivity index is 3.36. The molecule has 14 heavy (non-hydrogen) atoms. The summed E-state index contributed by atoms with van der Waals surface area (Å²) in [5, 5.41) is 3.08. The molecule has 0 aromatic heterocycles. The van der Waals surface area contributed by atoms with Crippen LogP contribution in [0.25, 0.3) is 0 Å². The van der Waals surface area contributed by atoms with Crippen molar-refractivity contribution in [1.82, 2.24) is 5.32 Å². The Hall–Kier alpha value is -0.570. The molecule has 0 bridgehead atoms. The molecule has 0 radical (unpaired) electrons. The van der Waals surface area contributed by atoms with Crippen LogP contribution in [0.5, 0.6) is 0 Å². The standard InChI is InChI=1S/C11H23NO2/c1-5-12-8-6-10(13)14-9-7-11(2,3)4/h12H,5-9H2,1-4H3. The van der Waals surface area contributed by atoms with Crippen molar-refractivity contribution in [3.63, 3.8) is 0 Å². The van der Waals surface area contributed by atoms with Crippen LogP contribution >= 0.6 is 0 Å². The minimum Gasteiger partial charge on any atom is -0.466 e. The predicted octanol–water partition coefficient (Wildman–Crippen LogP) is 1.97. The lowest BCUT2D eigenvalue weighted by molar-refractivity contribution is -0.144. The number of carbonyl (C=O) groups excluding carboxylic acids is 1. The second-order valence-electron chi connectivity index (χ2n) is 4.63. The first-order valence-electron chi connectivity index (χ1n) is 5.32. The molecule has 0 aliphatic rings. The minimum absolute atomic E-state index is 0.102. The van der Waals surface area contributed by atoms with E-state index in [1.165, 1.54) is 0 Å². The van der Waals surface area contributed by atoms with Gasteiger partial charge in [0.25, 0.3) is 0 Å². The molecule has 0 amide bonds. The molecule has 3 heteroatoms. The van der Waals surface area contributed by atoms with Gasteiger partial charge in [-0.25, -0.2) is 0 Å². The zero-order valence-corrected chi connectivity index (χ0v) is 9.85. The van der Waals surface area contributed by atoms with Gasteiger partial charge in [-0.05, 0) is 18.4 Å². The van der Waals surface area contributed by atoms with Crippen LogP contribution < -0.4 is 5.32 Å². The molecule has 0 fully saturated rings. The molecule has 0 aliphatic heterocycles. The predicted molar refractivity (Wildman–Crippen MR) is 58.2 cm³/mol. The van der Waals surface area contributed by atoms with E-state index in [-0.39, 0.29) is 11.4 Å². The van der Waals surface area contributed by atoms with Crippen LogP contribution in [0.15, 0.2) is 0 Å². The summed E-state index contributed by atoms with van der Waals surface area (Å²) in [5.74, 6) is -0.102. The van der Waals surface area contributed by atoms with Crippen LogP contribution in [0, 0.1) is 5.41 Å². The lowest BCUT2D eigenvalue weighted by Crippen LogP contribution is -2.20. The highest BCUT2D eigenvalue weighted by Gasteiger charge is 2.11.